The third kappa shape index (κ3) is 2.27. The maximum absolute atomic E-state index is 12.4. The Balaban J connectivity index is 1.69. The van der Waals surface area contributed by atoms with Crippen molar-refractivity contribution in [1.82, 2.24) is 4.90 Å². The van der Waals surface area contributed by atoms with Crippen molar-refractivity contribution in [3.8, 4) is 0 Å². The number of carbonyl (C=O) groups is 2. The Morgan fingerprint density at radius 3 is 2.62 bits per heavy atom. The summed E-state index contributed by atoms with van der Waals surface area (Å²) in [6, 6.07) is 17.3. The van der Waals surface area contributed by atoms with Crippen LogP contribution in [0.1, 0.15) is 36.4 Å². The number of carbonyl (C=O) groups excluding carboxylic acids is 2. The van der Waals surface area contributed by atoms with Crippen molar-refractivity contribution in [2.24, 2.45) is 0 Å². The average Bonchev–Trinajstić information content (AvgIpc) is 2.67. The van der Waals surface area contributed by atoms with Crippen LogP contribution in [0.2, 0.25) is 0 Å². The van der Waals surface area contributed by atoms with Gasteiger partial charge in [-0.1, -0.05) is 48.5 Å². The van der Waals surface area contributed by atoms with Crippen LogP contribution < -0.4 is 0 Å². The monoisotopic (exact) mass is 341 g/mol. The Kier molecular flexibility index (Phi) is 3.42. The molecule has 0 radical (unpaired) electrons. The molecule has 0 saturated heterocycles. The first-order valence-corrected chi connectivity index (χ1v) is 9.18. The topological polar surface area (TPSA) is 37.4 Å². The van der Waals surface area contributed by atoms with Gasteiger partial charge >= 0.3 is 0 Å². The standard InChI is InChI=1S/C23H19NO2/c25-16-12-13-24(23(26)14-16)22-7-3-6-18-20-9-8-15-4-1-2-5-17(15)19(20)10-11-21(18)22/h1-2,4-5,8-13,22H,3,6-7,14H2. The summed E-state index contributed by atoms with van der Waals surface area (Å²) in [5, 5.41) is 5.09. The Labute approximate surface area is 151 Å². The Morgan fingerprint density at radius 2 is 1.73 bits per heavy atom. The van der Waals surface area contributed by atoms with E-state index >= 15 is 0 Å². The molecule has 26 heavy (non-hydrogen) atoms. The Bertz CT molecular complexity index is 1100. The molecule has 0 N–H and O–H groups in total. The molecule has 1 unspecified atom stereocenters. The third-order valence-electron chi connectivity index (χ3n) is 5.71. The van der Waals surface area contributed by atoms with Crippen molar-refractivity contribution in [2.75, 3.05) is 0 Å². The van der Waals surface area contributed by atoms with Gasteiger partial charge in [-0.25, -0.2) is 0 Å². The van der Waals surface area contributed by atoms with Gasteiger partial charge in [0.1, 0.15) is 0 Å². The number of benzene rings is 3. The lowest BCUT2D eigenvalue weighted by Gasteiger charge is -2.35. The fourth-order valence-corrected chi connectivity index (χ4v) is 4.50. The summed E-state index contributed by atoms with van der Waals surface area (Å²) in [7, 11) is 0. The predicted molar refractivity (Wildman–Crippen MR) is 103 cm³/mol. The highest BCUT2D eigenvalue weighted by atomic mass is 16.2. The minimum atomic E-state index is -0.104. The highest BCUT2D eigenvalue weighted by Crippen LogP contribution is 2.40. The quantitative estimate of drug-likeness (QED) is 0.476. The number of ketones is 1. The molecule has 1 atom stereocenters. The van der Waals surface area contributed by atoms with Crippen LogP contribution in [0.4, 0.5) is 0 Å². The first-order chi connectivity index (χ1) is 12.7. The van der Waals surface area contributed by atoms with Crippen molar-refractivity contribution in [3.05, 3.63) is 71.9 Å². The van der Waals surface area contributed by atoms with Gasteiger partial charge in [0.2, 0.25) is 5.91 Å². The van der Waals surface area contributed by atoms with Crippen molar-refractivity contribution in [3.63, 3.8) is 0 Å². The van der Waals surface area contributed by atoms with E-state index < -0.39 is 0 Å². The number of hydrogen-bond donors (Lipinski definition) is 0. The van der Waals surface area contributed by atoms with E-state index in [1.807, 2.05) is 0 Å². The van der Waals surface area contributed by atoms with E-state index in [2.05, 4.69) is 48.5 Å². The Hall–Kier alpha value is -2.94. The van der Waals surface area contributed by atoms with Crippen LogP contribution in [0, 0.1) is 0 Å². The normalized spacial score (nSPS) is 20.0. The van der Waals surface area contributed by atoms with Gasteiger partial charge in [0.05, 0.1) is 12.5 Å². The molecule has 0 aromatic heterocycles. The van der Waals surface area contributed by atoms with E-state index in [9.17, 15) is 9.59 Å². The Morgan fingerprint density at radius 1 is 0.885 bits per heavy atom. The molecule has 3 aromatic carbocycles. The van der Waals surface area contributed by atoms with Gasteiger partial charge in [-0.15, -0.1) is 0 Å². The second-order valence-electron chi connectivity index (χ2n) is 7.18. The molecule has 1 aliphatic carbocycles. The molecule has 1 amide bonds. The van der Waals surface area contributed by atoms with Crippen LogP contribution in [-0.4, -0.2) is 16.6 Å². The maximum Gasteiger partial charge on any atom is 0.234 e. The lowest BCUT2D eigenvalue weighted by molar-refractivity contribution is -0.135. The summed E-state index contributed by atoms with van der Waals surface area (Å²) >= 11 is 0. The number of nitrogens with zero attached hydrogens (tertiary/aromatic N) is 1. The molecule has 5 rings (SSSR count). The molecule has 3 nitrogen and oxygen atoms in total. The maximum atomic E-state index is 12.4. The molecule has 0 fully saturated rings. The molecule has 1 heterocycles. The zero-order chi connectivity index (χ0) is 17.7. The molecular formula is C23H19NO2. The molecule has 1 aliphatic heterocycles. The van der Waals surface area contributed by atoms with E-state index in [-0.39, 0.29) is 24.2 Å². The lowest BCUT2D eigenvalue weighted by atomic mass is 9.82. The van der Waals surface area contributed by atoms with E-state index in [0.29, 0.717) is 0 Å². The van der Waals surface area contributed by atoms with Gasteiger partial charge in [0, 0.05) is 6.20 Å². The molecule has 2 aliphatic rings. The van der Waals surface area contributed by atoms with E-state index in [0.717, 1.165) is 19.3 Å². The molecular weight excluding hydrogens is 322 g/mol. The van der Waals surface area contributed by atoms with Gasteiger partial charge in [-0.3, -0.25) is 9.59 Å². The molecule has 3 aromatic rings. The number of hydrogen-bond acceptors (Lipinski definition) is 2. The van der Waals surface area contributed by atoms with Crippen LogP contribution in [0.5, 0.6) is 0 Å². The molecule has 128 valence electrons. The smallest absolute Gasteiger partial charge is 0.234 e. The summed E-state index contributed by atoms with van der Waals surface area (Å²) in [4.78, 5) is 25.7. The van der Waals surface area contributed by atoms with Crippen LogP contribution in [-0.2, 0) is 16.0 Å². The second-order valence-corrected chi connectivity index (χ2v) is 7.18. The fourth-order valence-electron chi connectivity index (χ4n) is 4.50. The first-order valence-electron chi connectivity index (χ1n) is 9.18. The number of aryl methyl sites for hydroxylation is 1. The van der Waals surface area contributed by atoms with Gasteiger partial charge in [-0.2, -0.15) is 0 Å². The van der Waals surface area contributed by atoms with Crippen LogP contribution >= 0.6 is 0 Å². The first kappa shape index (κ1) is 15.3. The number of amides is 1. The zero-order valence-electron chi connectivity index (χ0n) is 14.4. The average molecular weight is 341 g/mol. The third-order valence-corrected chi connectivity index (χ3v) is 5.71. The number of rotatable bonds is 1. The lowest BCUT2D eigenvalue weighted by Crippen LogP contribution is -2.36. The van der Waals surface area contributed by atoms with Crippen molar-refractivity contribution < 1.29 is 9.59 Å². The summed E-state index contributed by atoms with van der Waals surface area (Å²) in [6.07, 6.45) is 6.22. The molecule has 0 saturated carbocycles. The highest BCUT2D eigenvalue weighted by Gasteiger charge is 2.31. The van der Waals surface area contributed by atoms with Crippen molar-refractivity contribution >= 4 is 33.2 Å². The fraction of sp³-hybridized carbons (Fsp3) is 0.217. The minimum absolute atomic E-state index is 0.0133. The second kappa shape index (κ2) is 5.80. The van der Waals surface area contributed by atoms with Crippen LogP contribution in [0.15, 0.2) is 60.8 Å². The summed E-state index contributed by atoms with van der Waals surface area (Å²) in [6.45, 7) is 0. The minimum Gasteiger partial charge on any atom is -0.311 e. The summed E-state index contributed by atoms with van der Waals surface area (Å²) < 4.78 is 0. The molecule has 3 heteroatoms. The molecule has 0 spiro atoms. The van der Waals surface area contributed by atoms with Crippen molar-refractivity contribution in [2.45, 2.75) is 31.7 Å². The summed E-state index contributed by atoms with van der Waals surface area (Å²) in [5.41, 5.74) is 2.58. The number of allylic oxidation sites excluding steroid dienone is 1. The van der Waals surface area contributed by atoms with Gasteiger partial charge in [-0.05, 0) is 58.0 Å². The van der Waals surface area contributed by atoms with Gasteiger partial charge in [0.25, 0.3) is 0 Å². The van der Waals surface area contributed by atoms with E-state index in [1.54, 1.807) is 11.1 Å². The number of fused-ring (bicyclic) bond motifs is 5. The largest absolute Gasteiger partial charge is 0.311 e. The molecule has 0 bridgehead atoms. The van der Waals surface area contributed by atoms with Gasteiger partial charge in [0.15, 0.2) is 5.78 Å². The van der Waals surface area contributed by atoms with Crippen molar-refractivity contribution in [1.29, 1.82) is 0 Å². The van der Waals surface area contributed by atoms with Crippen LogP contribution in [0.3, 0.4) is 0 Å². The van der Waals surface area contributed by atoms with E-state index in [4.69, 9.17) is 0 Å². The summed E-state index contributed by atoms with van der Waals surface area (Å²) in [5.74, 6) is -0.193. The van der Waals surface area contributed by atoms with Gasteiger partial charge < -0.3 is 4.90 Å². The predicted octanol–water partition coefficient (Wildman–Crippen LogP) is 4.69. The zero-order valence-corrected chi connectivity index (χ0v) is 14.4. The SMILES string of the molecule is O=C1C=CN(C2CCCc3c2ccc2c3ccc3ccccc32)C(=O)C1. The highest BCUT2D eigenvalue weighted by molar-refractivity contribution is 6.09. The van der Waals surface area contributed by atoms with E-state index in [1.165, 1.54) is 38.7 Å². The van der Waals surface area contributed by atoms with Crippen LogP contribution in [0.25, 0.3) is 21.5 Å².